The van der Waals surface area contributed by atoms with Gasteiger partial charge >= 0.3 is 0 Å². The molecule has 1 N–H and O–H groups in total. The lowest BCUT2D eigenvalue weighted by atomic mass is 10.0. The summed E-state index contributed by atoms with van der Waals surface area (Å²) in [6, 6.07) is 9.32. The molecule has 0 spiro atoms. The van der Waals surface area contributed by atoms with Crippen LogP contribution < -0.4 is 10.1 Å². The monoisotopic (exact) mass is 326 g/mol. The maximum atomic E-state index is 5.85. The van der Waals surface area contributed by atoms with E-state index in [4.69, 9.17) is 9.15 Å². The summed E-state index contributed by atoms with van der Waals surface area (Å²) in [7, 11) is 0. The normalized spacial score (nSPS) is 20.8. The van der Waals surface area contributed by atoms with E-state index in [1.807, 2.05) is 13.8 Å². The van der Waals surface area contributed by atoms with Crippen LogP contribution in [0.25, 0.3) is 0 Å². The van der Waals surface area contributed by atoms with Gasteiger partial charge in [0.05, 0.1) is 12.3 Å². The van der Waals surface area contributed by atoms with Crippen molar-refractivity contribution in [1.29, 1.82) is 0 Å². The van der Waals surface area contributed by atoms with Gasteiger partial charge in [0.25, 0.3) is 0 Å². The fourth-order valence-corrected chi connectivity index (χ4v) is 3.11. The molecule has 0 aliphatic carbocycles. The molecular weight excluding hydrogens is 300 g/mol. The topological polar surface area (TPSA) is 47.3 Å². The molecule has 24 heavy (non-hydrogen) atoms. The molecule has 128 valence electrons. The first kappa shape index (κ1) is 16.8. The minimum Gasteiger partial charge on any atom is -0.493 e. The van der Waals surface area contributed by atoms with Crippen LogP contribution in [0.15, 0.2) is 40.8 Å². The first-order valence-electron chi connectivity index (χ1n) is 8.68. The summed E-state index contributed by atoms with van der Waals surface area (Å²) in [5.74, 6) is 2.49. The first-order valence-corrected chi connectivity index (χ1v) is 8.68. The Morgan fingerprint density at radius 1 is 1.17 bits per heavy atom. The van der Waals surface area contributed by atoms with Gasteiger partial charge in [-0.2, -0.15) is 0 Å². The third-order valence-electron chi connectivity index (χ3n) is 4.40. The summed E-state index contributed by atoms with van der Waals surface area (Å²) in [4.78, 5) is 4.37. The molecule has 2 heterocycles. The minimum absolute atomic E-state index is 0.383. The van der Waals surface area contributed by atoms with Crippen LogP contribution in [0.1, 0.15) is 48.7 Å². The summed E-state index contributed by atoms with van der Waals surface area (Å²) in [5, 5.41) is 3.67. The third kappa shape index (κ3) is 4.26. The number of rotatable bonds is 5. The second-order valence-electron chi connectivity index (χ2n) is 6.47. The molecule has 2 aromatic rings. The van der Waals surface area contributed by atoms with E-state index >= 15 is 0 Å². The molecule has 1 aliphatic heterocycles. The van der Waals surface area contributed by atoms with Gasteiger partial charge in [0.15, 0.2) is 5.89 Å². The Kier molecular flexibility index (Phi) is 5.36. The molecule has 4 heteroatoms. The number of nitrogens with one attached hydrogen (secondary N) is 1. The Hall–Kier alpha value is -2.07. The highest BCUT2D eigenvalue weighted by Gasteiger charge is 2.15. The zero-order valence-electron chi connectivity index (χ0n) is 14.7. The zero-order valence-corrected chi connectivity index (χ0v) is 14.7. The van der Waals surface area contributed by atoms with E-state index in [9.17, 15) is 0 Å². The fraction of sp³-hybridized carbons (Fsp3) is 0.450. The zero-order chi connectivity index (χ0) is 16.9. The van der Waals surface area contributed by atoms with Crippen molar-refractivity contribution >= 4 is 0 Å². The van der Waals surface area contributed by atoms with Gasteiger partial charge in [-0.3, -0.25) is 0 Å². The molecule has 0 fully saturated rings. The molecule has 2 atom stereocenters. The van der Waals surface area contributed by atoms with Gasteiger partial charge in [0.2, 0.25) is 0 Å². The number of aromatic nitrogens is 1. The van der Waals surface area contributed by atoms with Crippen LogP contribution >= 0.6 is 0 Å². The van der Waals surface area contributed by atoms with Crippen molar-refractivity contribution in [3.05, 3.63) is 59.3 Å². The van der Waals surface area contributed by atoms with E-state index in [0.29, 0.717) is 24.6 Å². The summed E-state index contributed by atoms with van der Waals surface area (Å²) in [6.07, 6.45) is 7.43. The Morgan fingerprint density at radius 2 is 1.92 bits per heavy atom. The molecule has 1 aromatic carbocycles. The van der Waals surface area contributed by atoms with Gasteiger partial charge in [-0.1, -0.05) is 24.3 Å². The van der Waals surface area contributed by atoms with E-state index in [1.54, 1.807) is 0 Å². The highest BCUT2D eigenvalue weighted by Crippen LogP contribution is 2.23. The fourth-order valence-electron chi connectivity index (χ4n) is 3.11. The van der Waals surface area contributed by atoms with Gasteiger partial charge in [0.1, 0.15) is 11.5 Å². The molecule has 0 unspecified atom stereocenters. The number of aryl methyl sites for hydroxylation is 2. The Labute approximate surface area is 143 Å². The predicted molar refractivity (Wildman–Crippen MR) is 95.3 cm³/mol. The van der Waals surface area contributed by atoms with Gasteiger partial charge in [-0.15, -0.1) is 0 Å². The SMILES string of the molecule is Cc1nc(CCOc2ccc([C@@H]3CC=CC[C@@H](C)N3)cc2)c(C)o1. The van der Waals surface area contributed by atoms with E-state index in [0.717, 1.165) is 36.5 Å². The van der Waals surface area contributed by atoms with E-state index in [-0.39, 0.29) is 0 Å². The minimum atomic E-state index is 0.383. The Bertz CT molecular complexity index is 688. The second-order valence-corrected chi connectivity index (χ2v) is 6.47. The van der Waals surface area contributed by atoms with Gasteiger partial charge in [-0.25, -0.2) is 4.98 Å². The van der Waals surface area contributed by atoms with Crippen molar-refractivity contribution in [3.8, 4) is 5.75 Å². The lowest BCUT2D eigenvalue weighted by Gasteiger charge is -2.20. The van der Waals surface area contributed by atoms with Crippen molar-refractivity contribution in [3.63, 3.8) is 0 Å². The molecule has 0 saturated heterocycles. The van der Waals surface area contributed by atoms with Crippen molar-refractivity contribution in [1.82, 2.24) is 10.3 Å². The summed E-state index contributed by atoms with van der Waals surface area (Å²) in [6.45, 7) is 6.65. The Morgan fingerprint density at radius 3 is 2.62 bits per heavy atom. The summed E-state index contributed by atoms with van der Waals surface area (Å²) < 4.78 is 11.3. The number of hydrogen-bond acceptors (Lipinski definition) is 4. The van der Waals surface area contributed by atoms with Crippen LogP contribution in [0.4, 0.5) is 0 Å². The van der Waals surface area contributed by atoms with Crippen LogP contribution in [-0.4, -0.2) is 17.6 Å². The smallest absolute Gasteiger partial charge is 0.191 e. The quantitative estimate of drug-likeness (QED) is 0.833. The number of ether oxygens (including phenoxy) is 1. The van der Waals surface area contributed by atoms with E-state index in [1.165, 1.54) is 5.56 Å². The number of benzene rings is 1. The molecule has 0 bridgehead atoms. The maximum absolute atomic E-state index is 5.85. The van der Waals surface area contributed by atoms with Crippen molar-refractivity contribution in [2.24, 2.45) is 0 Å². The standard InChI is InChI=1S/C20H26N2O2/c1-14-6-4-5-7-20(21-14)17-8-10-18(11-9-17)23-13-12-19-15(2)24-16(3)22-19/h4-5,8-11,14,20-21H,6-7,12-13H2,1-3H3/t14-,20+/m1/s1. The molecular formula is C20H26N2O2. The van der Waals surface area contributed by atoms with Crippen molar-refractivity contribution in [2.75, 3.05) is 6.61 Å². The number of oxazole rings is 1. The molecule has 1 aliphatic rings. The van der Waals surface area contributed by atoms with Crippen molar-refractivity contribution < 1.29 is 9.15 Å². The molecule has 0 saturated carbocycles. The van der Waals surface area contributed by atoms with Crippen LogP contribution in [0.2, 0.25) is 0 Å². The number of nitrogens with zero attached hydrogens (tertiary/aromatic N) is 1. The maximum Gasteiger partial charge on any atom is 0.191 e. The number of hydrogen-bond donors (Lipinski definition) is 1. The molecule has 3 rings (SSSR count). The molecule has 4 nitrogen and oxygen atoms in total. The summed E-state index contributed by atoms with van der Waals surface area (Å²) in [5.41, 5.74) is 2.29. The van der Waals surface area contributed by atoms with Crippen molar-refractivity contribution in [2.45, 2.75) is 52.1 Å². The average molecular weight is 326 g/mol. The van der Waals surface area contributed by atoms with Crippen LogP contribution in [0.5, 0.6) is 5.75 Å². The Balaban J connectivity index is 1.54. The third-order valence-corrected chi connectivity index (χ3v) is 4.40. The molecule has 0 radical (unpaired) electrons. The van der Waals surface area contributed by atoms with E-state index < -0.39 is 0 Å². The van der Waals surface area contributed by atoms with Crippen LogP contribution in [0, 0.1) is 13.8 Å². The van der Waals surface area contributed by atoms with Gasteiger partial charge in [0, 0.05) is 25.4 Å². The molecule has 1 aromatic heterocycles. The lowest BCUT2D eigenvalue weighted by Crippen LogP contribution is -2.28. The highest BCUT2D eigenvalue weighted by atomic mass is 16.5. The lowest BCUT2D eigenvalue weighted by molar-refractivity contribution is 0.319. The second kappa shape index (κ2) is 7.67. The van der Waals surface area contributed by atoms with Gasteiger partial charge < -0.3 is 14.5 Å². The first-order chi connectivity index (χ1) is 11.6. The predicted octanol–water partition coefficient (Wildman–Crippen LogP) is 4.28. The average Bonchev–Trinajstić information content (AvgIpc) is 2.75. The highest BCUT2D eigenvalue weighted by molar-refractivity contribution is 5.30. The van der Waals surface area contributed by atoms with Gasteiger partial charge in [-0.05, 0) is 44.4 Å². The van der Waals surface area contributed by atoms with E-state index in [2.05, 4.69) is 53.6 Å². The summed E-state index contributed by atoms with van der Waals surface area (Å²) >= 11 is 0. The molecule has 0 amide bonds. The largest absolute Gasteiger partial charge is 0.493 e. The van der Waals surface area contributed by atoms with Crippen LogP contribution in [0.3, 0.4) is 0 Å². The van der Waals surface area contributed by atoms with Crippen LogP contribution in [-0.2, 0) is 6.42 Å².